The second-order valence-electron chi connectivity index (χ2n) is 3.86. The van der Waals surface area contributed by atoms with Crippen LogP contribution in [0.5, 0.6) is 0 Å². The van der Waals surface area contributed by atoms with Crippen LogP contribution in [0.4, 0.5) is 10.5 Å². The molecule has 2 N–H and O–H groups in total. The number of rotatable bonds is 1. The van der Waals surface area contributed by atoms with E-state index in [1.54, 1.807) is 17.2 Å². The van der Waals surface area contributed by atoms with Crippen molar-refractivity contribution in [2.75, 3.05) is 4.90 Å². The summed E-state index contributed by atoms with van der Waals surface area (Å²) in [6.07, 6.45) is 4.51. The average Bonchev–Trinajstić information content (AvgIpc) is 2.79. The number of carbonyl (C=O) groups is 1. The zero-order chi connectivity index (χ0) is 12.5. The van der Waals surface area contributed by atoms with E-state index in [0.717, 1.165) is 16.1 Å². The van der Waals surface area contributed by atoms with Gasteiger partial charge in [-0.15, -0.1) is 0 Å². The minimum absolute atomic E-state index is 0.140. The maximum atomic E-state index is 11.6. The number of primary amides is 1. The molecule has 0 saturated heterocycles. The Morgan fingerprint density at radius 3 is 2.83 bits per heavy atom. The highest BCUT2D eigenvalue weighted by Gasteiger charge is 2.34. The van der Waals surface area contributed by atoms with E-state index in [1.807, 2.05) is 30.3 Å². The highest BCUT2D eigenvalue weighted by molar-refractivity contribution is 8.00. The van der Waals surface area contributed by atoms with Crippen molar-refractivity contribution in [1.82, 2.24) is 4.98 Å². The summed E-state index contributed by atoms with van der Waals surface area (Å²) in [6, 6.07) is 11.1. The van der Waals surface area contributed by atoms with Gasteiger partial charge in [0.05, 0.1) is 10.6 Å². The van der Waals surface area contributed by atoms with Crippen molar-refractivity contribution >= 4 is 23.5 Å². The van der Waals surface area contributed by atoms with Crippen LogP contribution in [0.3, 0.4) is 0 Å². The molecule has 0 aliphatic carbocycles. The first-order valence-corrected chi connectivity index (χ1v) is 6.32. The molecule has 5 heteroatoms. The lowest BCUT2D eigenvalue weighted by molar-refractivity contribution is 0.253. The van der Waals surface area contributed by atoms with Gasteiger partial charge >= 0.3 is 6.03 Å². The molecule has 0 saturated carbocycles. The first-order valence-electron chi connectivity index (χ1n) is 5.44. The van der Waals surface area contributed by atoms with E-state index in [-0.39, 0.29) is 5.37 Å². The zero-order valence-corrected chi connectivity index (χ0v) is 10.2. The highest BCUT2D eigenvalue weighted by Crippen LogP contribution is 2.50. The van der Waals surface area contributed by atoms with E-state index in [4.69, 9.17) is 5.73 Å². The van der Waals surface area contributed by atoms with Crippen LogP contribution < -0.4 is 10.6 Å². The number of hydrogen-bond acceptors (Lipinski definition) is 3. The largest absolute Gasteiger partial charge is 0.351 e. The second-order valence-corrected chi connectivity index (χ2v) is 4.95. The fourth-order valence-corrected chi connectivity index (χ4v) is 3.20. The summed E-state index contributed by atoms with van der Waals surface area (Å²) in [5, 5.41) is -0.140. The van der Waals surface area contributed by atoms with Crippen molar-refractivity contribution in [3.63, 3.8) is 0 Å². The highest BCUT2D eigenvalue weighted by atomic mass is 32.2. The molecule has 18 heavy (non-hydrogen) atoms. The maximum absolute atomic E-state index is 11.6. The van der Waals surface area contributed by atoms with Gasteiger partial charge in [-0.1, -0.05) is 42.1 Å². The van der Waals surface area contributed by atoms with Crippen molar-refractivity contribution in [2.45, 2.75) is 10.3 Å². The van der Waals surface area contributed by atoms with E-state index >= 15 is 0 Å². The van der Waals surface area contributed by atoms with Crippen LogP contribution in [0.2, 0.25) is 0 Å². The Morgan fingerprint density at radius 1 is 1.33 bits per heavy atom. The Balaban J connectivity index is 2.06. The van der Waals surface area contributed by atoms with Crippen molar-refractivity contribution < 1.29 is 4.79 Å². The molecule has 0 bridgehead atoms. The number of carbonyl (C=O) groups excluding carboxylic acids is 1. The molecule has 0 spiro atoms. The van der Waals surface area contributed by atoms with Crippen molar-refractivity contribution in [3.8, 4) is 0 Å². The van der Waals surface area contributed by atoms with Crippen LogP contribution in [0.1, 0.15) is 10.9 Å². The molecule has 0 fully saturated rings. The summed E-state index contributed by atoms with van der Waals surface area (Å²) < 4.78 is 0. The molecule has 4 nitrogen and oxygen atoms in total. The first kappa shape index (κ1) is 11.1. The van der Waals surface area contributed by atoms with Gasteiger partial charge in [0.15, 0.2) is 0 Å². The fourth-order valence-electron chi connectivity index (χ4n) is 1.97. The Labute approximate surface area is 109 Å². The number of urea groups is 1. The van der Waals surface area contributed by atoms with E-state index in [9.17, 15) is 4.79 Å². The van der Waals surface area contributed by atoms with Crippen molar-refractivity contribution in [1.29, 1.82) is 0 Å². The molecule has 1 aliphatic heterocycles. The van der Waals surface area contributed by atoms with Gasteiger partial charge in [-0.2, -0.15) is 0 Å². The number of nitrogens with zero attached hydrogens (tertiary/aromatic N) is 2. The van der Waals surface area contributed by atoms with Crippen molar-refractivity contribution in [3.05, 3.63) is 54.4 Å². The molecule has 1 unspecified atom stereocenters. The standard InChI is InChI=1S/C13H10N3OS/c14-13(17)16-10-6-7-15-8-11(10)18-12(16)9-4-2-1-3-5-9/h1-7,12H,(H2,14,17). The summed E-state index contributed by atoms with van der Waals surface area (Å²) in [5.74, 6) is 0. The molecule has 89 valence electrons. The Morgan fingerprint density at radius 2 is 2.11 bits per heavy atom. The lowest BCUT2D eigenvalue weighted by Crippen LogP contribution is -2.35. The van der Waals surface area contributed by atoms with Crippen molar-refractivity contribution in [2.24, 2.45) is 5.73 Å². The quantitative estimate of drug-likeness (QED) is 0.853. The molecular formula is C13H10N3OS. The van der Waals surface area contributed by atoms with Gasteiger partial charge in [0, 0.05) is 6.20 Å². The number of hydrogen-bond donors (Lipinski definition) is 1. The Bertz CT molecular complexity index is 588. The summed E-state index contributed by atoms with van der Waals surface area (Å²) in [5.41, 5.74) is 7.29. The summed E-state index contributed by atoms with van der Waals surface area (Å²) >= 11 is 1.53. The third-order valence-electron chi connectivity index (χ3n) is 2.75. The second kappa shape index (κ2) is 4.34. The SMILES string of the molecule is NC(=O)N1c2ccn[c]c2SC1c1ccccc1. The fraction of sp³-hybridized carbons (Fsp3) is 0.0769. The molecule has 1 radical (unpaired) electrons. The zero-order valence-electron chi connectivity index (χ0n) is 9.41. The number of pyridine rings is 1. The molecular weight excluding hydrogens is 246 g/mol. The minimum atomic E-state index is -0.463. The predicted molar refractivity (Wildman–Crippen MR) is 70.2 cm³/mol. The smallest absolute Gasteiger partial charge is 0.320 e. The van der Waals surface area contributed by atoms with Gasteiger partial charge in [0.1, 0.15) is 11.6 Å². The number of fused-ring (bicyclic) bond motifs is 1. The molecule has 1 atom stereocenters. The molecule has 1 aromatic carbocycles. The molecule has 3 rings (SSSR count). The third kappa shape index (κ3) is 1.73. The van der Waals surface area contributed by atoms with Crippen LogP contribution >= 0.6 is 11.8 Å². The van der Waals surface area contributed by atoms with Crippen LogP contribution in [0, 0.1) is 6.20 Å². The molecule has 1 aliphatic rings. The molecule has 1 aromatic heterocycles. The lowest BCUT2D eigenvalue weighted by Gasteiger charge is -2.22. The van der Waals surface area contributed by atoms with E-state index in [1.165, 1.54) is 11.8 Å². The van der Waals surface area contributed by atoms with Crippen LogP contribution in [-0.2, 0) is 0 Å². The average molecular weight is 256 g/mol. The summed E-state index contributed by atoms with van der Waals surface area (Å²) in [4.78, 5) is 18.0. The normalized spacial score (nSPS) is 17.6. The maximum Gasteiger partial charge on any atom is 0.320 e. The van der Waals surface area contributed by atoms with Gasteiger partial charge in [-0.3, -0.25) is 9.88 Å². The topological polar surface area (TPSA) is 59.2 Å². The predicted octanol–water partition coefficient (Wildman–Crippen LogP) is 2.57. The first-order chi connectivity index (χ1) is 8.77. The summed E-state index contributed by atoms with van der Waals surface area (Å²) in [7, 11) is 0. The monoisotopic (exact) mass is 256 g/mol. The number of anilines is 1. The Kier molecular flexibility index (Phi) is 2.68. The minimum Gasteiger partial charge on any atom is -0.351 e. The molecule has 2 amide bonds. The Hall–Kier alpha value is -2.01. The number of aromatic nitrogens is 1. The van der Waals surface area contributed by atoms with Crippen LogP contribution in [0.15, 0.2) is 47.5 Å². The number of nitrogens with two attached hydrogens (primary N) is 1. The molecule has 2 aromatic rings. The molecule has 2 heterocycles. The number of benzene rings is 1. The van der Waals surface area contributed by atoms with Gasteiger partial charge in [0.2, 0.25) is 0 Å². The lowest BCUT2D eigenvalue weighted by atomic mass is 10.2. The third-order valence-corrected chi connectivity index (χ3v) is 3.99. The van der Waals surface area contributed by atoms with E-state index < -0.39 is 6.03 Å². The van der Waals surface area contributed by atoms with Gasteiger partial charge in [-0.25, -0.2) is 4.79 Å². The van der Waals surface area contributed by atoms with E-state index in [0.29, 0.717) is 0 Å². The van der Waals surface area contributed by atoms with Gasteiger partial charge in [0.25, 0.3) is 0 Å². The van der Waals surface area contributed by atoms with E-state index in [2.05, 4.69) is 11.2 Å². The number of thioether (sulfide) groups is 1. The van der Waals surface area contributed by atoms with Crippen LogP contribution in [-0.4, -0.2) is 11.0 Å². The number of amides is 2. The van der Waals surface area contributed by atoms with Gasteiger partial charge < -0.3 is 5.73 Å². The summed E-state index contributed by atoms with van der Waals surface area (Å²) in [6.45, 7) is 0. The van der Waals surface area contributed by atoms with Crippen LogP contribution in [0.25, 0.3) is 0 Å². The van der Waals surface area contributed by atoms with Gasteiger partial charge in [-0.05, 0) is 11.6 Å².